The Kier molecular flexibility index (Phi) is 4.80. The number of halogens is 2. The zero-order valence-electron chi connectivity index (χ0n) is 12.3. The number of aromatic nitrogens is 2. The van der Waals surface area contributed by atoms with Gasteiger partial charge in [-0.25, -0.2) is 4.98 Å². The average molecular weight is 356 g/mol. The second-order valence-electron chi connectivity index (χ2n) is 4.83. The maximum atomic E-state index is 9.13. The molecule has 0 spiro atoms. The van der Waals surface area contributed by atoms with Crippen molar-refractivity contribution in [3.8, 4) is 6.07 Å². The van der Waals surface area contributed by atoms with Crippen molar-refractivity contribution in [3.05, 3.63) is 70.3 Å². The topological polar surface area (TPSA) is 73.6 Å². The summed E-state index contributed by atoms with van der Waals surface area (Å²) < 4.78 is 0. The van der Waals surface area contributed by atoms with Gasteiger partial charge in [-0.2, -0.15) is 10.2 Å². The van der Waals surface area contributed by atoms with Crippen molar-refractivity contribution in [2.75, 3.05) is 10.6 Å². The van der Waals surface area contributed by atoms with Gasteiger partial charge in [0.05, 0.1) is 11.3 Å². The van der Waals surface area contributed by atoms with E-state index in [1.54, 1.807) is 48.7 Å². The van der Waals surface area contributed by atoms with E-state index in [1.807, 2.05) is 6.07 Å². The molecule has 0 aliphatic carbocycles. The lowest BCUT2D eigenvalue weighted by molar-refractivity contribution is 1.16. The Morgan fingerprint density at radius 2 is 1.71 bits per heavy atom. The van der Waals surface area contributed by atoms with Crippen LogP contribution in [0.2, 0.25) is 10.0 Å². The highest BCUT2D eigenvalue weighted by Gasteiger charge is 2.05. The van der Waals surface area contributed by atoms with E-state index in [-0.39, 0.29) is 0 Å². The van der Waals surface area contributed by atoms with Crippen molar-refractivity contribution in [2.24, 2.45) is 0 Å². The van der Waals surface area contributed by atoms with E-state index < -0.39 is 0 Å². The van der Waals surface area contributed by atoms with Crippen molar-refractivity contribution in [3.63, 3.8) is 0 Å². The fourth-order valence-electron chi connectivity index (χ4n) is 2.07. The molecule has 1 aromatic heterocycles. The zero-order valence-corrected chi connectivity index (χ0v) is 13.8. The lowest BCUT2D eigenvalue weighted by Crippen LogP contribution is -2.01. The van der Waals surface area contributed by atoms with Crippen molar-refractivity contribution in [2.45, 2.75) is 0 Å². The third-order valence-electron chi connectivity index (χ3n) is 3.08. The molecule has 0 unspecified atom stereocenters. The Labute approximate surface area is 148 Å². The second-order valence-corrected chi connectivity index (χ2v) is 5.70. The highest BCUT2D eigenvalue weighted by atomic mass is 35.5. The fourth-order valence-corrected chi connectivity index (χ4v) is 2.60. The van der Waals surface area contributed by atoms with E-state index in [4.69, 9.17) is 28.5 Å². The largest absolute Gasteiger partial charge is 0.340 e. The van der Waals surface area contributed by atoms with Crippen molar-refractivity contribution in [1.82, 2.24) is 9.97 Å². The van der Waals surface area contributed by atoms with Crippen LogP contribution in [0, 0.1) is 11.3 Å². The van der Waals surface area contributed by atoms with Crippen LogP contribution in [0.25, 0.3) is 0 Å². The Balaban J connectivity index is 1.83. The maximum Gasteiger partial charge on any atom is 0.229 e. The highest BCUT2D eigenvalue weighted by Crippen LogP contribution is 2.25. The number of benzene rings is 2. The lowest BCUT2D eigenvalue weighted by Gasteiger charge is -2.10. The molecule has 118 valence electrons. The molecule has 0 aliphatic heterocycles. The summed E-state index contributed by atoms with van der Waals surface area (Å²) in [5.41, 5.74) is 1.87. The molecule has 0 radical (unpaired) electrons. The number of nitrogens with one attached hydrogen (secondary N) is 2. The summed E-state index contributed by atoms with van der Waals surface area (Å²) in [7, 11) is 0. The predicted molar refractivity (Wildman–Crippen MR) is 96.2 cm³/mol. The third kappa shape index (κ3) is 3.93. The Morgan fingerprint density at radius 1 is 0.958 bits per heavy atom. The van der Waals surface area contributed by atoms with E-state index >= 15 is 0 Å². The van der Waals surface area contributed by atoms with Gasteiger partial charge in [-0.1, -0.05) is 35.3 Å². The minimum absolute atomic E-state index is 0.371. The van der Waals surface area contributed by atoms with E-state index in [2.05, 4.69) is 26.7 Å². The maximum absolute atomic E-state index is 9.13. The van der Waals surface area contributed by atoms with Crippen molar-refractivity contribution < 1.29 is 0 Å². The van der Waals surface area contributed by atoms with Crippen molar-refractivity contribution in [1.29, 1.82) is 5.26 Å². The molecule has 24 heavy (non-hydrogen) atoms. The van der Waals surface area contributed by atoms with Crippen LogP contribution in [-0.4, -0.2) is 9.97 Å². The molecule has 3 rings (SSSR count). The van der Waals surface area contributed by atoms with Gasteiger partial charge in [0.25, 0.3) is 0 Å². The smallest absolute Gasteiger partial charge is 0.229 e. The summed E-state index contributed by atoms with van der Waals surface area (Å²) in [6.07, 6.45) is 1.61. The zero-order chi connectivity index (χ0) is 16.9. The molecule has 5 nitrogen and oxygen atoms in total. The van der Waals surface area contributed by atoms with E-state index in [9.17, 15) is 0 Å². The van der Waals surface area contributed by atoms with E-state index in [1.165, 1.54) is 0 Å². The summed E-state index contributed by atoms with van der Waals surface area (Å²) in [6, 6.07) is 16.1. The molecule has 2 aromatic carbocycles. The SMILES string of the molecule is N#Cc1ccccc1Nc1nccc(Nc2cc(Cl)cc(Cl)c2)n1. The first-order chi connectivity index (χ1) is 11.6. The minimum atomic E-state index is 0.371. The molecule has 1 heterocycles. The van der Waals surface area contributed by atoms with Gasteiger partial charge in [0.2, 0.25) is 5.95 Å². The molecule has 0 bridgehead atoms. The Morgan fingerprint density at radius 3 is 2.46 bits per heavy atom. The molecule has 3 aromatic rings. The lowest BCUT2D eigenvalue weighted by atomic mass is 10.2. The molecule has 0 saturated carbocycles. The quantitative estimate of drug-likeness (QED) is 0.677. The summed E-state index contributed by atoms with van der Waals surface area (Å²) in [5.74, 6) is 0.941. The van der Waals surface area contributed by atoms with Crippen molar-refractivity contribution >= 4 is 46.3 Å². The highest BCUT2D eigenvalue weighted by molar-refractivity contribution is 6.35. The van der Waals surface area contributed by atoms with Crippen LogP contribution in [0.4, 0.5) is 23.1 Å². The summed E-state index contributed by atoms with van der Waals surface area (Å²) in [6.45, 7) is 0. The first-order valence-corrected chi connectivity index (χ1v) is 7.72. The van der Waals surface area contributed by atoms with Gasteiger partial charge >= 0.3 is 0 Å². The number of anilines is 4. The van der Waals surface area contributed by atoms with Crippen LogP contribution in [0.1, 0.15) is 5.56 Å². The van der Waals surface area contributed by atoms with Gasteiger partial charge in [0, 0.05) is 21.9 Å². The first-order valence-electron chi connectivity index (χ1n) is 6.96. The average Bonchev–Trinajstić information content (AvgIpc) is 2.55. The summed E-state index contributed by atoms with van der Waals surface area (Å²) >= 11 is 12.0. The number of rotatable bonds is 4. The second kappa shape index (κ2) is 7.18. The molecule has 2 N–H and O–H groups in total. The number of hydrogen-bond donors (Lipinski definition) is 2. The van der Waals surface area contributed by atoms with Gasteiger partial charge in [0.1, 0.15) is 11.9 Å². The molecule has 7 heteroatoms. The summed E-state index contributed by atoms with van der Waals surface area (Å²) in [5, 5.41) is 16.3. The van der Waals surface area contributed by atoms with Gasteiger partial charge < -0.3 is 10.6 Å². The number of nitriles is 1. The van der Waals surface area contributed by atoms with Crippen LogP contribution in [0.5, 0.6) is 0 Å². The van der Waals surface area contributed by atoms with Crippen LogP contribution in [0.15, 0.2) is 54.7 Å². The van der Waals surface area contributed by atoms with E-state index in [0.29, 0.717) is 33.1 Å². The van der Waals surface area contributed by atoms with Crippen LogP contribution in [-0.2, 0) is 0 Å². The number of nitrogens with zero attached hydrogens (tertiary/aromatic N) is 3. The fraction of sp³-hybridized carbons (Fsp3) is 0. The molecular formula is C17H11Cl2N5. The van der Waals surface area contributed by atoms with Gasteiger partial charge in [-0.3, -0.25) is 0 Å². The minimum Gasteiger partial charge on any atom is -0.340 e. The monoisotopic (exact) mass is 355 g/mol. The van der Waals surface area contributed by atoms with Crippen LogP contribution < -0.4 is 10.6 Å². The van der Waals surface area contributed by atoms with Gasteiger partial charge in [-0.05, 0) is 36.4 Å². The predicted octanol–water partition coefficient (Wildman–Crippen LogP) is 5.14. The molecule has 0 amide bonds. The molecule has 0 saturated heterocycles. The molecular weight excluding hydrogens is 345 g/mol. The summed E-state index contributed by atoms with van der Waals surface area (Å²) in [4.78, 5) is 8.53. The third-order valence-corrected chi connectivity index (χ3v) is 3.52. The number of hydrogen-bond acceptors (Lipinski definition) is 5. The standard InChI is InChI=1S/C17H11Cl2N5/c18-12-7-13(19)9-14(8-12)22-16-5-6-21-17(24-16)23-15-4-2-1-3-11(15)10-20/h1-9H,(H2,21,22,23,24). The first kappa shape index (κ1) is 16.1. The normalized spacial score (nSPS) is 10.0. The van der Waals surface area contributed by atoms with Crippen LogP contribution in [0.3, 0.4) is 0 Å². The van der Waals surface area contributed by atoms with Gasteiger partial charge in [-0.15, -0.1) is 0 Å². The van der Waals surface area contributed by atoms with Crippen LogP contribution >= 0.6 is 23.2 Å². The molecule has 0 atom stereocenters. The van der Waals surface area contributed by atoms with Gasteiger partial charge in [0.15, 0.2) is 0 Å². The molecule has 0 fully saturated rings. The molecule has 0 aliphatic rings. The number of para-hydroxylation sites is 1. The Bertz CT molecular complexity index is 901. The van der Waals surface area contributed by atoms with E-state index in [0.717, 1.165) is 5.69 Å². The Hall–Kier alpha value is -2.81.